The molecule has 1 fully saturated rings. The molecule has 21 heavy (non-hydrogen) atoms. The Kier molecular flexibility index (Phi) is 5.20. The molecular weight excluding hydrogens is 268 g/mol. The Labute approximate surface area is 125 Å². The van der Waals surface area contributed by atoms with Crippen LogP contribution in [0.1, 0.15) is 32.4 Å². The van der Waals surface area contributed by atoms with Gasteiger partial charge in [-0.25, -0.2) is 0 Å². The summed E-state index contributed by atoms with van der Waals surface area (Å²) in [5, 5.41) is 12.5. The van der Waals surface area contributed by atoms with Gasteiger partial charge < -0.3 is 20.1 Å². The lowest BCUT2D eigenvalue weighted by atomic mass is 10.1. The molecule has 0 spiro atoms. The monoisotopic (exact) mass is 292 g/mol. The van der Waals surface area contributed by atoms with Gasteiger partial charge in [0.1, 0.15) is 6.04 Å². The van der Waals surface area contributed by atoms with Crippen LogP contribution >= 0.6 is 0 Å². The zero-order valence-electron chi connectivity index (χ0n) is 12.9. The number of morpholine rings is 1. The minimum atomic E-state index is -0.483. The van der Waals surface area contributed by atoms with E-state index in [4.69, 9.17) is 4.74 Å². The average Bonchev–Trinajstić information content (AvgIpc) is 2.46. The quantitative estimate of drug-likeness (QED) is 0.882. The van der Waals surface area contributed by atoms with E-state index in [0.717, 1.165) is 11.3 Å². The molecule has 1 amide bonds. The molecule has 1 aromatic rings. The molecule has 0 aliphatic carbocycles. The van der Waals surface area contributed by atoms with Crippen LogP contribution in [0.15, 0.2) is 24.3 Å². The average molecular weight is 292 g/mol. The predicted molar refractivity (Wildman–Crippen MR) is 82.3 cm³/mol. The molecule has 1 aliphatic rings. The highest BCUT2D eigenvalue weighted by atomic mass is 16.5. The second-order valence-electron chi connectivity index (χ2n) is 5.71. The molecule has 0 bridgehead atoms. The van der Waals surface area contributed by atoms with Crippen LogP contribution in [0.2, 0.25) is 0 Å². The maximum absolute atomic E-state index is 12.3. The van der Waals surface area contributed by atoms with Crippen molar-refractivity contribution in [2.45, 2.75) is 39.0 Å². The van der Waals surface area contributed by atoms with Crippen LogP contribution in [0.25, 0.3) is 0 Å². The number of carbonyl (C=O) groups is 1. The number of aliphatic hydroxyl groups excluding tert-OH is 1. The van der Waals surface area contributed by atoms with E-state index in [1.54, 1.807) is 6.92 Å². The number of benzene rings is 1. The number of anilines is 1. The molecule has 1 saturated heterocycles. The van der Waals surface area contributed by atoms with Crippen molar-refractivity contribution in [3.63, 3.8) is 0 Å². The number of nitrogens with one attached hydrogen (secondary N) is 1. The van der Waals surface area contributed by atoms with Gasteiger partial charge in [0.15, 0.2) is 0 Å². The molecular formula is C16H24N2O3. The van der Waals surface area contributed by atoms with Crippen molar-refractivity contribution in [2.75, 3.05) is 24.7 Å². The van der Waals surface area contributed by atoms with Gasteiger partial charge in [0.2, 0.25) is 5.91 Å². The lowest BCUT2D eigenvalue weighted by Crippen LogP contribution is -2.55. The summed E-state index contributed by atoms with van der Waals surface area (Å²) < 4.78 is 5.46. The third kappa shape index (κ3) is 3.95. The van der Waals surface area contributed by atoms with E-state index in [-0.39, 0.29) is 18.0 Å². The molecule has 116 valence electrons. The molecule has 0 aromatic heterocycles. The van der Waals surface area contributed by atoms with Crippen molar-refractivity contribution in [2.24, 2.45) is 0 Å². The molecule has 1 unspecified atom stereocenters. The molecule has 2 N–H and O–H groups in total. The van der Waals surface area contributed by atoms with Crippen molar-refractivity contribution in [1.29, 1.82) is 0 Å². The van der Waals surface area contributed by atoms with E-state index in [2.05, 4.69) is 10.2 Å². The van der Waals surface area contributed by atoms with Gasteiger partial charge in [-0.15, -0.1) is 0 Å². The molecule has 0 saturated carbocycles. The van der Waals surface area contributed by atoms with Crippen molar-refractivity contribution >= 4 is 11.6 Å². The zero-order valence-corrected chi connectivity index (χ0v) is 12.9. The van der Waals surface area contributed by atoms with Gasteiger partial charge in [0.25, 0.3) is 0 Å². The summed E-state index contributed by atoms with van der Waals surface area (Å²) >= 11 is 0. The molecule has 2 rings (SSSR count). The first kappa shape index (κ1) is 15.8. The molecule has 1 heterocycles. The van der Waals surface area contributed by atoms with E-state index in [1.165, 1.54) is 0 Å². The number of rotatable bonds is 4. The number of nitrogens with zero attached hydrogens (tertiary/aromatic N) is 1. The highest BCUT2D eigenvalue weighted by molar-refractivity contribution is 5.85. The number of hydrogen-bond acceptors (Lipinski definition) is 4. The molecule has 0 radical (unpaired) electrons. The number of aliphatic hydroxyl groups is 1. The smallest absolute Gasteiger partial charge is 0.245 e. The van der Waals surface area contributed by atoms with Crippen LogP contribution in [-0.4, -0.2) is 42.9 Å². The lowest BCUT2D eigenvalue weighted by molar-refractivity contribution is -0.125. The summed E-state index contributed by atoms with van der Waals surface area (Å²) in [6.45, 7) is 7.33. The van der Waals surface area contributed by atoms with Crippen molar-refractivity contribution < 1.29 is 14.6 Å². The van der Waals surface area contributed by atoms with Gasteiger partial charge in [-0.3, -0.25) is 4.79 Å². The first-order chi connectivity index (χ1) is 9.99. The Morgan fingerprint density at radius 1 is 1.33 bits per heavy atom. The largest absolute Gasteiger partial charge is 0.389 e. The van der Waals surface area contributed by atoms with Crippen molar-refractivity contribution in [1.82, 2.24) is 5.32 Å². The summed E-state index contributed by atoms with van der Waals surface area (Å²) in [6, 6.07) is 7.49. The third-order valence-electron chi connectivity index (χ3n) is 3.57. The molecule has 5 nitrogen and oxygen atoms in total. The van der Waals surface area contributed by atoms with E-state index in [1.807, 2.05) is 38.1 Å². The maximum atomic E-state index is 12.3. The zero-order chi connectivity index (χ0) is 15.4. The predicted octanol–water partition coefficient (Wildman–Crippen LogP) is 1.47. The van der Waals surface area contributed by atoms with Crippen LogP contribution in [0.4, 0.5) is 5.69 Å². The standard InChI is InChI=1S/C16H24N2O3/c1-11(2)17-16(20)15-10-21-9-8-18(15)14-6-4-13(5-7-14)12(3)19/h4-7,11-12,15,19H,8-10H2,1-3H3,(H,17,20)/t12-,15?/m0/s1. The topological polar surface area (TPSA) is 61.8 Å². The van der Waals surface area contributed by atoms with Crippen LogP contribution in [0.3, 0.4) is 0 Å². The summed E-state index contributed by atoms with van der Waals surface area (Å²) in [6.07, 6.45) is -0.483. The number of carbonyl (C=O) groups excluding carboxylic acids is 1. The summed E-state index contributed by atoms with van der Waals surface area (Å²) in [4.78, 5) is 14.4. The van der Waals surface area contributed by atoms with E-state index >= 15 is 0 Å². The lowest BCUT2D eigenvalue weighted by Gasteiger charge is -2.36. The first-order valence-electron chi connectivity index (χ1n) is 7.42. The fourth-order valence-electron chi connectivity index (χ4n) is 2.45. The molecule has 5 heteroatoms. The Hall–Kier alpha value is -1.59. The van der Waals surface area contributed by atoms with Crippen LogP contribution in [-0.2, 0) is 9.53 Å². The van der Waals surface area contributed by atoms with Gasteiger partial charge in [-0.1, -0.05) is 12.1 Å². The number of hydrogen-bond donors (Lipinski definition) is 2. The van der Waals surface area contributed by atoms with Gasteiger partial charge in [0.05, 0.1) is 19.3 Å². The highest BCUT2D eigenvalue weighted by Gasteiger charge is 2.29. The summed E-state index contributed by atoms with van der Waals surface area (Å²) in [7, 11) is 0. The first-order valence-corrected chi connectivity index (χ1v) is 7.42. The van der Waals surface area contributed by atoms with Gasteiger partial charge in [-0.2, -0.15) is 0 Å². The normalized spacial score (nSPS) is 20.4. The van der Waals surface area contributed by atoms with E-state index in [9.17, 15) is 9.90 Å². The van der Waals surface area contributed by atoms with Crippen LogP contribution in [0, 0.1) is 0 Å². The van der Waals surface area contributed by atoms with E-state index < -0.39 is 6.10 Å². The summed E-state index contributed by atoms with van der Waals surface area (Å²) in [5.74, 6) is -0.00990. The fraction of sp³-hybridized carbons (Fsp3) is 0.562. The van der Waals surface area contributed by atoms with Gasteiger partial charge >= 0.3 is 0 Å². The van der Waals surface area contributed by atoms with Gasteiger partial charge in [0, 0.05) is 18.3 Å². The van der Waals surface area contributed by atoms with Crippen molar-refractivity contribution in [3.8, 4) is 0 Å². The van der Waals surface area contributed by atoms with Crippen LogP contribution in [0.5, 0.6) is 0 Å². The fourth-order valence-corrected chi connectivity index (χ4v) is 2.45. The molecule has 1 aliphatic heterocycles. The Bertz CT molecular complexity index is 471. The molecule has 1 aromatic carbocycles. The third-order valence-corrected chi connectivity index (χ3v) is 3.57. The Morgan fingerprint density at radius 3 is 2.57 bits per heavy atom. The number of ether oxygens (including phenoxy) is 1. The number of amides is 1. The minimum absolute atomic E-state index is 0.00990. The van der Waals surface area contributed by atoms with Gasteiger partial charge in [-0.05, 0) is 38.5 Å². The Balaban J connectivity index is 2.16. The SMILES string of the molecule is CC(C)NC(=O)C1COCCN1c1ccc([C@H](C)O)cc1. The minimum Gasteiger partial charge on any atom is -0.389 e. The van der Waals surface area contributed by atoms with E-state index in [0.29, 0.717) is 19.8 Å². The van der Waals surface area contributed by atoms with Crippen LogP contribution < -0.4 is 10.2 Å². The summed E-state index contributed by atoms with van der Waals surface area (Å²) in [5.41, 5.74) is 1.85. The maximum Gasteiger partial charge on any atom is 0.245 e. The second-order valence-corrected chi connectivity index (χ2v) is 5.71. The molecule has 2 atom stereocenters. The second kappa shape index (κ2) is 6.91. The van der Waals surface area contributed by atoms with Crippen molar-refractivity contribution in [3.05, 3.63) is 29.8 Å². The Morgan fingerprint density at radius 2 is 2.00 bits per heavy atom. The highest BCUT2D eigenvalue weighted by Crippen LogP contribution is 2.22.